The SMILES string of the molecule is CCC(N)c1ccc(SC(C)(C)C)cn1. The Balaban J connectivity index is 2.72. The summed E-state index contributed by atoms with van der Waals surface area (Å²) in [6.07, 6.45) is 2.85. The average Bonchev–Trinajstić information content (AvgIpc) is 2.15. The maximum Gasteiger partial charge on any atom is 0.0571 e. The summed E-state index contributed by atoms with van der Waals surface area (Å²) in [7, 11) is 0. The van der Waals surface area contributed by atoms with Crippen molar-refractivity contribution in [3.63, 3.8) is 0 Å². The van der Waals surface area contributed by atoms with E-state index in [1.54, 1.807) is 0 Å². The van der Waals surface area contributed by atoms with E-state index in [0.29, 0.717) is 0 Å². The van der Waals surface area contributed by atoms with E-state index in [9.17, 15) is 0 Å². The highest BCUT2D eigenvalue weighted by Crippen LogP contribution is 2.31. The summed E-state index contributed by atoms with van der Waals surface area (Å²) in [6.45, 7) is 8.67. The standard InChI is InChI=1S/C12H20N2S/c1-5-10(13)11-7-6-9(8-14-11)15-12(2,3)4/h6-8,10H,5,13H2,1-4H3. The van der Waals surface area contributed by atoms with Gasteiger partial charge >= 0.3 is 0 Å². The lowest BCUT2D eigenvalue weighted by molar-refractivity contribution is 0.673. The van der Waals surface area contributed by atoms with Crippen molar-refractivity contribution in [3.05, 3.63) is 24.0 Å². The predicted octanol–water partition coefficient (Wildman–Crippen LogP) is 3.38. The van der Waals surface area contributed by atoms with Crippen molar-refractivity contribution < 1.29 is 0 Å². The summed E-state index contributed by atoms with van der Waals surface area (Å²) >= 11 is 1.83. The molecular weight excluding hydrogens is 204 g/mol. The number of thioether (sulfide) groups is 1. The maximum atomic E-state index is 5.90. The van der Waals surface area contributed by atoms with Crippen molar-refractivity contribution in [1.82, 2.24) is 4.98 Å². The second-order valence-electron chi connectivity index (χ2n) is 4.65. The first-order valence-electron chi connectivity index (χ1n) is 5.33. The van der Waals surface area contributed by atoms with Gasteiger partial charge in [0.15, 0.2) is 0 Å². The topological polar surface area (TPSA) is 38.9 Å². The fraction of sp³-hybridized carbons (Fsp3) is 0.583. The van der Waals surface area contributed by atoms with Gasteiger partial charge in [-0.05, 0) is 18.6 Å². The van der Waals surface area contributed by atoms with Crippen molar-refractivity contribution in [2.24, 2.45) is 5.73 Å². The van der Waals surface area contributed by atoms with Gasteiger partial charge in [0.25, 0.3) is 0 Å². The van der Waals surface area contributed by atoms with Crippen LogP contribution in [0.5, 0.6) is 0 Å². The molecule has 0 radical (unpaired) electrons. The Morgan fingerprint density at radius 2 is 2.07 bits per heavy atom. The minimum absolute atomic E-state index is 0.0682. The Labute approximate surface area is 96.7 Å². The van der Waals surface area contributed by atoms with E-state index in [2.05, 4.69) is 38.7 Å². The van der Waals surface area contributed by atoms with Crippen LogP contribution in [-0.4, -0.2) is 9.73 Å². The van der Waals surface area contributed by atoms with Crippen LogP contribution >= 0.6 is 11.8 Å². The summed E-state index contributed by atoms with van der Waals surface area (Å²) in [5.41, 5.74) is 6.88. The van der Waals surface area contributed by atoms with E-state index in [1.165, 1.54) is 4.90 Å². The molecule has 0 aromatic carbocycles. The van der Waals surface area contributed by atoms with Gasteiger partial charge in [-0.1, -0.05) is 27.7 Å². The Bertz CT molecular complexity index is 300. The first-order chi connectivity index (χ1) is 6.92. The maximum absolute atomic E-state index is 5.90. The smallest absolute Gasteiger partial charge is 0.0571 e. The van der Waals surface area contributed by atoms with E-state index in [4.69, 9.17) is 5.73 Å². The van der Waals surface area contributed by atoms with Crippen LogP contribution in [0.1, 0.15) is 45.9 Å². The Hall–Kier alpha value is -0.540. The van der Waals surface area contributed by atoms with E-state index < -0.39 is 0 Å². The molecule has 84 valence electrons. The molecule has 2 nitrogen and oxygen atoms in total. The number of rotatable bonds is 3. The van der Waals surface area contributed by atoms with E-state index in [-0.39, 0.29) is 10.8 Å². The van der Waals surface area contributed by atoms with Crippen LogP contribution in [0.2, 0.25) is 0 Å². The molecule has 0 fully saturated rings. The van der Waals surface area contributed by atoms with Crippen molar-refractivity contribution >= 4 is 11.8 Å². The van der Waals surface area contributed by atoms with Gasteiger partial charge in [0, 0.05) is 21.9 Å². The molecule has 2 N–H and O–H groups in total. The molecule has 1 unspecified atom stereocenters. The largest absolute Gasteiger partial charge is 0.323 e. The molecule has 15 heavy (non-hydrogen) atoms. The fourth-order valence-corrected chi connectivity index (χ4v) is 2.18. The molecule has 3 heteroatoms. The number of nitrogens with two attached hydrogens (primary N) is 1. The quantitative estimate of drug-likeness (QED) is 0.800. The molecule has 0 aliphatic heterocycles. The number of hydrogen-bond acceptors (Lipinski definition) is 3. The lowest BCUT2D eigenvalue weighted by Crippen LogP contribution is -2.11. The average molecular weight is 224 g/mol. The normalized spacial score (nSPS) is 13.9. The van der Waals surface area contributed by atoms with Crippen LogP contribution in [0.25, 0.3) is 0 Å². The molecule has 1 aromatic heterocycles. The molecule has 0 bridgehead atoms. The molecule has 0 spiro atoms. The third kappa shape index (κ3) is 4.22. The summed E-state index contributed by atoms with van der Waals surface area (Å²) in [5, 5.41) is 0. The van der Waals surface area contributed by atoms with Crippen LogP contribution in [0, 0.1) is 0 Å². The monoisotopic (exact) mass is 224 g/mol. The molecule has 0 saturated heterocycles. The van der Waals surface area contributed by atoms with Crippen LogP contribution < -0.4 is 5.73 Å². The van der Waals surface area contributed by atoms with Gasteiger partial charge in [-0.3, -0.25) is 4.98 Å². The van der Waals surface area contributed by atoms with Crippen molar-refractivity contribution in [2.75, 3.05) is 0 Å². The zero-order valence-corrected chi connectivity index (χ0v) is 10.8. The third-order valence-corrected chi connectivity index (χ3v) is 3.09. The van der Waals surface area contributed by atoms with Crippen LogP contribution in [-0.2, 0) is 0 Å². The van der Waals surface area contributed by atoms with Crippen molar-refractivity contribution in [2.45, 2.75) is 49.8 Å². The molecule has 0 amide bonds. The van der Waals surface area contributed by atoms with Gasteiger partial charge in [0.05, 0.1) is 5.69 Å². The summed E-state index contributed by atoms with van der Waals surface area (Å²) < 4.78 is 0.232. The van der Waals surface area contributed by atoms with E-state index in [0.717, 1.165) is 12.1 Å². The third-order valence-electron chi connectivity index (χ3n) is 2.00. The van der Waals surface area contributed by atoms with Gasteiger partial charge in [-0.2, -0.15) is 0 Å². The van der Waals surface area contributed by atoms with Crippen LogP contribution in [0.3, 0.4) is 0 Å². The number of pyridine rings is 1. The molecule has 1 aromatic rings. The Morgan fingerprint density at radius 1 is 1.40 bits per heavy atom. The number of aromatic nitrogens is 1. The molecule has 0 aliphatic carbocycles. The molecule has 0 aliphatic rings. The second kappa shape index (κ2) is 4.99. The van der Waals surface area contributed by atoms with Crippen LogP contribution in [0.15, 0.2) is 23.2 Å². The minimum atomic E-state index is 0.0682. The van der Waals surface area contributed by atoms with Gasteiger partial charge in [0.2, 0.25) is 0 Å². The van der Waals surface area contributed by atoms with Gasteiger partial charge in [-0.15, -0.1) is 11.8 Å². The summed E-state index contributed by atoms with van der Waals surface area (Å²) in [4.78, 5) is 5.59. The number of hydrogen-bond donors (Lipinski definition) is 1. The van der Waals surface area contributed by atoms with E-state index >= 15 is 0 Å². The lowest BCUT2D eigenvalue weighted by atomic mass is 10.1. The van der Waals surface area contributed by atoms with Crippen molar-refractivity contribution in [1.29, 1.82) is 0 Å². The molecular formula is C12H20N2S. The minimum Gasteiger partial charge on any atom is -0.323 e. The molecule has 1 heterocycles. The van der Waals surface area contributed by atoms with Crippen molar-refractivity contribution in [3.8, 4) is 0 Å². The zero-order valence-electron chi connectivity index (χ0n) is 9.95. The summed E-state index contributed by atoms with van der Waals surface area (Å²) in [5.74, 6) is 0. The predicted molar refractivity (Wildman–Crippen MR) is 67.1 cm³/mol. The first-order valence-corrected chi connectivity index (χ1v) is 6.14. The number of nitrogens with zero attached hydrogens (tertiary/aromatic N) is 1. The molecule has 1 atom stereocenters. The van der Waals surface area contributed by atoms with Gasteiger partial charge in [-0.25, -0.2) is 0 Å². The highest BCUT2D eigenvalue weighted by atomic mass is 32.2. The lowest BCUT2D eigenvalue weighted by Gasteiger charge is -2.17. The fourth-order valence-electron chi connectivity index (χ4n) is 1.23. The second-order valence-corrected chi connectivity index (χ2v) is 6.55. The highest BCUT2D eigenvalue weighted by Gasteiger charge is 2.12. The first kappa shape index (κ1) is 12.5. The van der Waals surface area contributed by atoms with Crippen LogP contribution in [0.4, 0.5) is 0 Å². The van der Waals surface area contributed by atoms with Gasteiger partial charge < -0.3 is 5.73 Å². The summed E-state index contributed by atoms with van der Waals surface area (Å²) in [6, 6.07) is 4.20. The Morgan fingerprint density at radius 3 is 2.47 bits per heavy atom. The Kier molecular flexibility index (Phi) is 4.17. The zero-order chi connectivity index (χ0) is 11.5. The van der Waals surface area contributed by atoms with E-state index in [1.807, 2.05) is 24.0 Å². The molecule has 0 saturated carbocycles. The molecule has 1 rings (SSSR count). The van der Waals surface area contributed by atoms with Gasteiger partial charge in [0.1, 0.15) is 0 Å². The highest BCUT2D eigenvalue weighted by molar-refractivity contribution is 8.00.